The number of halogens is 1. The minimum absolute atomic E-state index is 0.120. The van der Waals surface area contributed by atoms with Gasteiger partial charge in [-0.25, -0.2) is 5.43 Å². The number of carbonyl (C=O) groups excluding carboxylic acids is 1. The molecule has 0 radical (unpaired) electrons. The highest BCUT2D eigenvalue weighted by Crippen LogP contribution is 2.32. The third-order valence-electron chi connectivity index (χ3n) is 3.98. The quantitative estimate of drug-likeness (QED) is 0.515. The lowest BCUT2D eigenvalue weighted by molar-refractivity contribution is 0.0952. The van der Waals surface area contributed by atoms with Crippen LogP contribution < -0.4 is 14.9 Å². The van der Waals surface area contributed by atoms with E-state index in [1.807, 2.05) is 24.3 Å². The number of hydrogen-bond acceptors (Lipinski definition) is 5. The van der Waals surface area contributed by atoms with Gasteiger partial charge in [-0.2, -0.15) is 5.10 Å². The molecule has 0 aliphatic carbocycles. The highest BCUT2D eigenvalue weighted by molar-refractivity contribution is 6.33. The number of nitrogens with zero attached hydrogens (tertiary/aromatic N) is 1. The van der Waals surface area contributed by atoms with Crippen molar-refractivity contribution in [1.29, 1.82) is 0 Å². The van der Waals surface area contributed by atoms with Gasteiger partial charge in [0.1, 0.15) is 5.75 Å². The van der Waals surface area contributed by atoms with Crippen LogP contribution in [0.15, 0.2) is 53.6 Å². The van der Waals surface area contributed by atoms with Crippen LogP contribution in [0.1, 0.15) is 15.9 Å². The molecule has 6 nitrogen and oxygen atoms in total. The van der Waals surface area contributed by atoms with Gasteiger partial charge in [0.2, 0.25) is 0 Å². The molecule has 1 amide bonds. The number of phenols is 1. The molecule has 0 fully saturated rings. The summed E-state index contributed by atoms with van der Waals surface area (Å²) >= 11 is 6.18. The molecule has 0 unspecified atom stereocenters. The van der Waals surface area contributed by atoms with Crippen molar-refractivity contribution in [3.63, 3.8) is 0 Å². The topological polar surface area (TPSA) is 80.2 Å². The minimum Gasteiger partial charge on any atom is -0.507 e. The SMILES string of the molecule is COc1cc(Cl)c(/C=N/NC(=O)c2cc3ccccc3cc2O)cc1OC. The van der Waals surface area contributed by atoms with Crippen LogP contribution in [-0.4, -0.2) is 31.4 Å². The highest BCUT2D eigenvalue weighted by atomic mass is 35.5. The normalized spacial score (nSPS) is 10.9. The molecule has 0 spiro atoms. The number of hydrazone groups is 1. The Bertz CT molecular complexity index is 1030. The molecule has 3 aromatic rings. The van der Waals surface area contributed by atoms with E-state index in [2.05, 4.69) is 10.5 Å². The standard InChI is InChI=1S/C20H17ClN2O4/c1-26-18-9-14(16(21)10-19(18)27-2)11-22-23-20(25)15-7-12-5-3-4-6-13(12)8-17(15)24/h3-11,24H,1-2H3,(H,23,25)/b22-11+. The number of aromatic hydroxyl groups is 1. The number of fused-ring (bicyclic) bond motifs is 1. The average molecular weight is 385 g/mol. The second kappa shape index (κ2) is 7.97. The maximum Gasteiger partial charge on any atom is 0.275 e. The second-order valence-corrected chi connectivity index (χ2v) is 6.05. The van der Waals surface area contributed by atoms with E-state index in [0.717, 1.165) is 10.8 Å². The zero-order valence-corrected chi connectivity index (χ0v) is 15.4. The number of ether oxygens (including phenoxy) is 2. The van der Waals surface area contributed by atoms with Crippen LogP contribution in [0.4, 0.5) is 0 Å². The van der Waals surface area contributed by atoms with Crippen LogP contribution in [0.3, 0.4) is 0 Å². The Morgan fingerprint density at radius 1 is 1.07 bits per heavy atom. The zero-order chi connectivity index (χ0) is 19.4. The monoisotopic (exact) mass is 384 g/mol. The van der Waals surface area contributed by atoms with Crippen LogP contribution >= 0.6 is 11.6 Å². The molecule has 0 bridgehead atoms. The summed E-state index contributed by atoms with van der Waals surface area (Å²) in [6.07, 6.45) is 1.39. The molecular formula is C20H17ClN2O4. The van der Waals surface area contributed by atoms with E-state index >= 15 is 0 Å². The van der Waals surface area contributed by atoms with Gasteiger partial charge in [0.15, 0.2) is 11.5 Å². The van der Waals surface area contributed by atoms with E-state index in [4.69, 9.17) is 21.1 Å². The number of phenolic OH excluding ortho intramolecular Hbond substituents is 1. The third-order valence-corrected chi connectivity index (χ3v) is 4.31. The summed E-state index contributed by atoms with van der Waals surface area (Å²) in [5, 5.41) is 16.1. The van der Waals surface area contributed by atoms with Crippen molar-refractivity contribution in [1.82, 2.24) is 5.43 Å². The number of nitrogens with one attached hydrogen (secondary N) is 1. The Balaban J connectivity index is 1.81. The van der Waals surface area contributed by atoms with Crippen molar-refractivity contribution in [3.05, 3.63) is 64.7 Å². The number of hydrogen-bond donors (Lipinski definition) is 2. The first kappa shape index (κ1) is 18.5. The molecule has 7 heteroatoms. The number of amides is 1. The van der Waals surface area contributed by atoms with Crippen molar-refractivity contribution in [2.24, 2.45) is 5.10 Å². The highest BCUT2D eigenvalue weighted by Gasteiger charge is 2.12. The molecular weight excluding hydrogens is 368 g/mol. The van der Waals surface area contributed by atoms with Gasteiger partial charge in [0.05, 0.1) is 31.0 Å². The van der Waals surface area contributed by atoms with Gasteiger partial charge in [-0.1, -0.05) is 35.9 Å². The molecule has 3 aromatic carbocycles. The van der Waals surface area contributed by atoms with E-state index in [0.29, 0.717) is 22.1 Å². The first-order valence-electron chi connectivity index (χ1n) is 8.00. The molecule has 3 rings (SSSR count). The molecule has 138 valence electrons. The fourth-order valence-electron chi connectivity index (χ4n) is 2.60. The maximum absolute atomic E-state index is 12.3. The second-order valence-electron chi connectivity index (χ2n) is 5.64. The summed E-state index contributed by atoms with van der Waals surface area (Å²) in [5.41, 5.74) is 3.05. The van der Waals surface area contributed by atoms with Crippen LogP contribution in [-0.2, 0) is 0 Å². The molecule has 2 N–H and O–H groups in total. The molecule has 0 heterocycles. The largest absolute Gasteiger partial charge is 0.507 e. The van der Waals surface area contributed by atoms with E-state index in [9.17, 15) is 9.90 Å². The third kappa shape index (κ3) is 3.96. The molecule has 0 saturated heterocycles. The van der Waals surface area contributed by atoms with Gasteiger partial charge in [0, 0.05) is 11.6 Å². The fraction of sp³-hybridized carbons (Fsp3) is 0.100. The zero-order valence-electron chi connectivity index (χ0n) is 14.7. The Labute approximate surface area is 161 Å². The van der Waals surface area contributed by atoms with E-state index in [1.165, 1.54) is 20.4 Å². The van der Waals surface area contributed by atoms with E-state index in [1.54, 1.807) is 24.3 Å². The number of methoxy groups -OCH3 is 2. The lowest BCUT2D eigenvalue weighted by atomic mass is 10.1. The van der Waals surface area contributed by atoms with E-state index < -0.39 is 5.91 Å². The summed E-state index contributed by atoms with van der Waals surface area (Å²) in [6, 6.07) is 13.8. The van der Waals surface area contributed by atoms with Crippen molar-refractivity contribution in [3.8, 4) is 17.2 Å². The summed E-state index contributed by atoms with van der Waals surface area (Å²) < 4.78 is 10.4. The van der Waals surface area contributed by atoms with Gasteiger partial charge in [0.25, 0.3) is 5.91 Å². The predicted molar refractivity (Wildman–Crippen MR) is 105 cm³/mol. The van der Waals surface area contributed by atoms with E-state index in [-0.39, 0.29) is 11.3 Å². The Kier molecular flexibility index (Phi) is 5.47. The Hall–Kier alpha value is -3.25. The molecule has 0 saturated carbocycles. The van der Waals surface area contributed by atoms with Gasteiger partial charge >= 0.3 is 0 Å². The average Bonchev–Trinajstić information content (AvgIpc) is 2.68. The number of carbonyl (C=O) groups is 1. The van der Waals surface area contributed by atoms with Crippen LogP contribution in [0.25, 0.3) is 10.8 Å². The molecule has 0 aliphatic rings. The first-order valence-corrected chi connectivity index (χ1v) is 8.38. The van der Waals surface area contributed by atoms with Crippen molar-refractivity contribution >= 4 is 34.5 Å². The minimum atomic E-state index is -0.536. The molecule has 0 aromatic heterocycles. The molecule has 0 aliphatic heterocycles. The van der Waals surface area contributed by atoms with Crippen molar-refractivity contribution in [2.75, 3.05) is 14.2 Å². The van der Waals surface area contributed by atoms with Crippen LogP contribution in [0.5, 0.6) is 17.2 Å². The number of rotatable bonds is 5. The summed E-state index contributed by atoms with van der Waals surface area (Å²) in [7, 11) is 3.02. The lowest BCUT2D eigenvalue weighted by Crippen LogP contribution is -2.17. The van der Waals surface area contributed by atoms with Crippen molar-refractivity contribution < 1.29 is 19.4 Å². The van der Waals surface area contributed by atoms with Crippen molar-refractivity contribution in [2.45, 2.75) is 0 Å². The summed E-state index contributed by atoms with van der Waals surface area (Å²) in [5.74, 6) is 0.322. The Morgan fingerprint density at radius 2 is 1.70 bits per heavy atom. The Morgan fingerprint density at radius 3 is 2.37 bits per heavy atom. The smallest absolute Gasteiger partial charge is 0.275 e. The van der Waals surface area contributed by atoms with Crippen LogP contribution in [0, 0.1) is 0 Å². The predicted octanol–water partition coefficient (Wildman–Crippen LogP) is 3.98. The van der Waals surface area contributed by atoms with Gasteiger partial charge in [-0.15, -0.1) is 0 Å². The molecule has 0 atom stereocenters. The van der Waals surface area contributed by atoms with Gasteiger partial charge < -0.3 is 14.6 Å². The maximum atomic E-state index is 12.3. The summed E-state index contributed by atoms with van der Waals surface area (Å²) in [6.45, 7) is 0. The number of benzene rings is 3. The summed E-state index contributed by atoms with van der Waals surface area (Å²) in [4.78, 5) is 12.3. The van der Waals surface area contributed by atoms with Gasteiger partial charge in [-0.05, 0) is 29.0 Å². The molecule has 27 heavy (non-hydrogen) atoms. The van der Waals surface area contributed by atoms with Crippen LogP contribution in [0.2, 0.25) is 5.02 Å². The first-order chi connectivity index (χ1) is 13.0. The fourth-order valence-corrected chi connectivity index (χ4v) is 2.80. The lowest BCUT2D eigenvalue weighted by Gasteiger charge is -2.09. The van der Waals surface area contributed by atoms with Gasteiger partial charge in [-0.3, -0.25) is 4.79 Å².